The number of carbonyl (C=O) groups is 2. The molecule has 2 fully saturated rings. The van der Waals surface area contributed by atoms with Crippen molar-refractivity contribution in [3.8, 4) is 0 Å². The normalized spacial score (nSPS) is 19.5. The van der Waals surface area contributed by atoms with Gasteiger partial charge in [0.1, 0.15) is 0 Å². The summed E-state index contributed by atoms with van der Waals surface area (Å²) in [5.74, 6) is -0.152. The standard InChI is InChI=1S/C21H31N3O2/c1-16-15-17(5-7-19(16)21(22)26)6-8-20(25)24-13-9-18(10-14-24)23-11-3-2-4-12-23/h5,7,15,18H,2-4,6,8-14H2,1H3,(H2,22,26). The summed E-state index contributed by atoms with van der Waals surface area (Å²) in [5.41, 5.74) is 7.87. The molecule has 2 aliphatic heterocycles. The Kier molecular flexibility index (Phi) is 6.30. The van der Waals surface area contributed by atoms with Gasteiger partial charge in [-0.05, 0) is 69.3 Å². The number of nitrogens with zero attached hydrogens (tertiary/aromatic N) is 2. The SMILES string of the molecule is Cc1cc(CCC(=O)N2CCC(N3CCCCC3)CC2)ccc1C(N)=O. The number of carbonyl (C=O) groups excluding carboxylic acids is 2. The van der Waals surface area contributed by atoms with Crippen LogP contribution < -0.4 is 5.73 Å². The van der Waals surface area contributed by atoms with E-state index in [1.165, 1.54) is 32.4 Å². The Morgan fingerprint density at radius 1 is 1.08 bits per heavy atom. The maximum atomic E-state index is 12.6. The molecule has 2 saturated heterocycles. The first kappa shape index (κ1) is 18.9. The van der Waals surface area contributed by atoms with E-state index in [9.17, 15) is 9.59 Å². The van der Waals surface area contributed by atoms with Gasteiger partial charge >= 0.3 is 0 Å². The molecule has 1 aromatic rings. The van der Waals surface area contributed by atoms with E-state index >= 15 is 0 Å². The van der Waals surface area contributed by atoms with Crippen molar-refractivity contribution in [3.63, 3.8) is 0 Å². The third kappa shape index (κ3) is 4.64. The molecule has 1 aromatic carbocycles. The number of hydrogen-bond acceptors (Lipinski definition) is 3. The molecule has 2 heterocycles. The predicted molar refractivity (Wildman–Crippen MR) is 103 cm³/mol. The first-order valence-corrected chi connectivity index (χ1v) is 9.96. The second-order valence-electron chi connectivity index (χ2n) is 7.72. The molecule has 5 nitrogen and oxygen atoms in total. The highest BCUT2D eigenvalue weighted by molar-refractivity contribution is 5.94. The average Bonchev–Trinajstić information content (AvgIpc) is 2.66. The third-order valence-electron chi connectivity index (χ3n) is 5.91. The molecule has 2 amide bonds. The Hall–Kier alpha value is -1.88. The summed E-state index contributed by atoms with van der Waals surface area (Å²) >= 11 is 0. The molecule has 26 heavy (non-hydrogen) atoms. The van der Waals surface area contributed by atoms with Crippen molar-refractivity contribution < 1.29 is 9.59 Å². The van der Waals surface area contributed by atoms with E-state index in [1.807, 2.05) is 24.0 Å². The minimum atomic E-state index is -0.401. The van der Waals surface area contributed by atoms with Gasteiger partial charge in [-0.15, -0.1) is 0 Å². The molecule has 142 valence electrons. The molecule has 5 heteroatoms. The smallest absolute Gasteiger partial charge is 0.248 e. The molecule has 0 bridgehead atoms. The fraction of sp³-hybridized carbons (Fsp3) is 0.619. The van der Waals surface area contributed by atoms with Crippen molar-refractivity contribution >= 4 is 11.8 Å². The zero-order valence-electron chi connectivity index (χ0n) is 15.9. The summed E-state index contributed by atoms with van der Waals surface area (Å²) in [6.45, 7) is 6.13. The fourth-order valence-corrected chi connectivity index (χ4v) is 4.33. The molecule has 0 aliphatic carbocycles. The van der Waals surface area contributed by atoms with E-state index in [2.05, 4.69) is 4.90 Å². The highest BCUT2D eigenvalue weighted by Gasteiger charge is 2.27. The van der Waals surface area contributed by atoms with E-state index in [0.29, 0.717) is 24.4 Å². The van der Waals surface area contributed by atoms with Crippen molar-refractivity contribution in [1.29, 1.82) is 0 Å². The lowest BCUT2D eigenvalue weighted by Crippen LogP contribution is -2.48. The Morgan fingerprint density at radius 2 is 1.77 bits per heavy atom. The number of nitrogens with two attached hydrogens (primary N) is 1. The predicted octanol–water partition coefficient (Wildman–Crippen LogP) is 2.50. The van der Waals surface area contributed by atoms with Crippen LogP contribution in [0.25, 0.3) is 0 Å². The summed E-state index contributed by atoms with van der Waals surface area (Å²) in [7, 11) is 0. The number of amides is 2. The number of aryl methyl sites for hydroxylation is 2. The monoisotopic (exact) mass is 357 g/mol. The van der Waals surface area contributed by atoms with Crippen molar-refractivity contribution in [2.24, 2.45) is 5.73 Å². The van der Waals surface area contributed by atoms with Crippen LogP contribution in [0.5, 0.6) is 0 Å². The van der Waals surface area contributed by atoms with E-state index in [-0.39, 0.29) is 5.91 Å². The molecule has 0 atom stereocenters. The molecule has 0 unspecified atom stereocenters. The molecular weight excluding hydrogens is 326 g/mol. The van der Waals surface area contributed by atoms with Crippen LogP contribution in [0.15, 0.2) is 18.2 Å². The Labute approximate surface area is 156 Å². The maximum absolute atomic E-state index is 12.6. The topological polar surface area (TPSA) is 66.6 Å². The van der Waals surface area contributed by atoms with Gasteiger partial charge < -0.3 is 15.5 Å². The van der Waals surface area contributed by atoms with E-state index in [1.54, 1.807) is 6.07 Å². The van der Waals surface area contributed by atoms with Gasteiger partial charge in [-0.25, -0.2) is 0 Å². The lowest BCUT2D eigenvalue weighted by atomic mass is 9.99. The van der Waals surface area contributed by atoms with Gasteiger partial charge in [0, 0.05) is 31.1 Å². The molecule has 0 spiro atoms. The summed E-state index contributed by atoms with van der Waals surface area (Å²) in [5, 5.41) is 0. The third-order valence-corrected chi connectivity index (χ3v) is 5.91. The first-order chi connectivity index (χ1) is 12.5. The highest BCUT2D eigenvalue weighted by atomic mass is 16.2. The fourth-order valence-electron chi connectivity index (χ4n) is 4.33. The maximum Gasteiger partial charge on any atom is 0.248 e. The van der Waals surface area contributed by atoms with Crippen molar-refractivity contribution in [2.75, 3.05) is 26.2 Å². The molecular formula is C21H31N3O2. The number of rotatable bonds is 5. The number of hydrogen-bond donors (Lipinski definition) is 1. The summed E-state index contributed by atoms with van der Waals surface area (Å²) < 4.78 is 0. The number of likely N-dealkylation sites (tertiary alicyclic amines) is 2. The van der Waals surface area contributed by atoms with Crippen LogP contribution in [0.1, 0.15) is 60.0 Å². The molecule has 0 aromatic heterocycles. The van der Waals surface area contributed by atoms with Crippen LogP contribution in [-0.4, -0.2) is 53.8 Å². The molecule has 2 aliphatic rings. The van der Waals surface area contributed by atoms with Gasteiger partial charge in [-0.3, -0.25) is 9.59 Å². The van der Waals surface area contributed by atoms with Crippen molar-refractivity contribution in [1.82, 2.24) is 9.80 Å². The van der Waals surface area contributed by atoms with Gasteiger partial charge in [-0.2, -0.15) is 0 Å². The highest BCUT2D eigenvalue weighted by Crippen LogP contribution is 2.21. The molecule has 3 rings (SSSR count). The van der Waals surface area contributed by atoms with E-state index < -0.39 is 5.91 Å². The van der Waals surface area contributed by atoms with E-state index in [4.69, 9.17) is 5.73 Å². The van der Waals surface area contributed by atoms with Crippen molar-refractivity contribution in [2.45, 2.75) is 57.9 Å². The summed E-state index contributed by atoms with van der Waals surface area (Å²) in [6.07, 6.45) is 7.48. The minimum Gasteiger partial charge on any atom is -0.366 e. The van der Waals surface area contributed by atoms with Crippen LogP contribution >= 0.6 is 0 Å². The van der Waals surface area contributed by atoms with Crippen LogP contribution in [0, 0.1) is 6.92 Å². The lowest BCUT2D eigenvalue weighted by molar-refractivity contribution is -0.132. The van der Waals surface area contributed by atoms with Crippen LogP contribution in [0.2, 0.25) is 0 Å². The summed E-state index contributed by atoms with van der Waals surface area (Å²) in [6, 6.07) is 6.31. The van der Waals surface area contributed by atoms with Gasteiger partial charge in [0.25, 0.3) is 0 Å². The number of piperidine rings is 2. The minimum absolute atomic E-state index is 0.249. The Morgan fingerprint density at radius 3 is 2.38 bits per heavy atom. The summed E-state index contributed by atoms with van der Waals surface area (Å²) in [4.78, 5) is 28.5. The lowest BCUT2D eigenvalue weighted by Gasteiger charge is -2.40. The Balaban J connectivity index is 1.45. The van der Waals surface area contributed by atoms with Gasteiger partial charge in [0.2, 0.25) is 11.8 Å². The van der Waals surface area contributed by atoms with Gasteiger partial charge in [0.15, 0.2) is 0 Å². The average molecular weight is 357 g/mol. The van der Waals surface area contributed by atoms with E-state index in [0.717, 1.165) is 37.1 Å². The second-order valence-corrected chi connectivity index (χ2v) is 7.72. The molecule has 0 saturated carbocycles. The second kappa shape index (κ2) is 8.67. The zero-order valence-corrected chi connectivity index (χ0v) is 15.9. The van der Waals surface area contributed by atoms with Crippen molar-refractivity contribution in [3.05, 3.63) is 34.9 Å². The number of primary amides is 1. The zero-order chi connectivity index (χ0) is 18.5. The van der Waals surface area contributed by atoms with Crippen LogP contribution in [0.4, 0.5) is 0 Å². The molecule has 0 radical (unpaired) electrons. The molecule has 2 N–H and O–H groups in total. The van der Waals surface area contributed by atoms with Gasteiger partial charge in [-0.1, -0.05) is 18.6 Å². The first-order valence-electron chi connectivity index (χ1n) is 9.96. The Bertz CT molecular complexity index is 645. The quantitative estimate of drug-likeness (QED) is 0.880. The van der Waals surface area contributed by atoms with Crippen LogP contribution in [-0.2, 0) is 11.2 Å². The largest absolute Gasteiger partial charge is 0.366 e. The van der Waals surface area contributed by atoms with Gasteiger partial charge in [0.05, 0.1) is 0 Å². The van der Waals surface area contributed by atoms with Crippen LogP contribution in [0.3, 0.4) is 0 Å². The number of benzene rings is 1.